The topological polar surface area (TPSA) is 73.3 Å². The molecule has 1 atom stereocenters. The Hall–Kier alpha value is -1.45. The summed E-state index contributed by atoms with van der Waals surface area (Å²) in [6.07, 6.45) is 0. The third-order valence-corrected chi connectivity index (χ3v) is 6.33. The quantitative estimate of drug-likeness (QED) is 0.735. The number of carbonyl (C=O) groups is 1. The molecule has 0 saturated heterocycles. The number of nitrogens with zero attached hydrogens (tertiary/aromatic N) is 2. The third kappa shape index (κ3) is 4.34. The number of rotatable bonds is 7. The molecular weight excluding hydrogens is 366 g/mol. The lowest BCUT2D eigenvalue weighted by molar-refractivity contribution is -0.119. The molecular formula is C15H17N3O3S3. The van der Waals surface area contributed by atoms with Crippen LogP contribution in [0.5, 0.6) is 11.5 Å². The zero-order chi connectivity index (χ0) is 16.9. The molecule has 1 amide bonds. The van der Waals surface area contributed by atoms with E-state index in [0.717, 1.165) is 31.5 Å². The highest BCUT2D eigenvalue weighted by atomic mass is 32.2. The van der Waals surface area contributed by atoms with Gasteiger partial charge in [-0.3, -0.25) is 4.79 Å². The molecule has 128 valence electrons. The van der Waals surface area contributed by atoms with Gasteiger partial charge in [0.2, 0.25) is 12.7 Å². The van der Waals surface area contributed by atoms with Gasteiger partial charge in [-0.25, -0.2) is 0 Å². The Morgan fingerprint density at radius 3 is 2.83 bits per heavy atom. The van der Waals surface area contributed by atoms with Crippen molar-refractivity contribution in [1.82, 2.24) is 15.5 Å². The molecule has 3 rings (SSSR count). The summed E-state index contributed by atoms with van der Waals surface area (Å²) in [7, 11) is 0. The number of fused-ring (bicyclic) bond motifs is 1. The maximum absolute atomic E-state index is 12.1. The minimum atomic E-state index is -0.103. The van der Waals surface area contributed by atoms with E-state index < -0.39 is 0 Å². The molecule has 0 fully saturated rings. The van der Waals surface area contributed by atoms with Crippen molar-refractivity contribution in [1.29, 1.82) is 0 Å². The van der Waals surface area contributed by atoms with Crippen LogP contribution in [-0.2, 0) is 4.79 Å². The molecule has 1 aliphatic rings. The third-order valence-electron chi connectivity index (χ3n) is 3.26. The molecule has 1 aromatic carbocycles. The van der Waals surface area contributed by atoms with Crippen molar-refractivity contribution >= 4 is 40.8 Å². The Bertz CT molecular complexity index is 723. The summed E-state index contributed by atoms with van der Waals surface area (Å²) in [6.45, 7) is 4.27. The molecule has 0 radical (unpaired) electrons. The van der Waals surface area contributed by atoms with Gasteiger partial charge in [-0.1, -0.05) is 47.9 Å². The van der Waals surface area contributed by atoms with Crippen LogP contribution in [0.2, 0.25) is 0 Å². The zero-order valence-electron chi connectivity index (χ0n) is 13.3. The van der Waals surface area contributed by atoms with E-state index in [9.17, 15) is 4.79 Å². The van der Waals surface area contributed by atoms with Crippen molar-refractivity contribution in [3.63, 3.8) is 0 Å². The standard InChI is InChI=1S/C15H17N3O3S3/c1-3-22-14-17-18-15(24-14)23-7-13(19)16-9(2)10-4-5-11-12(6-10)21-8-20-11/h4-6,9H,3,7-8H2,1-2H3,(H,16,19)/t9-/m0/s1. The fraction of sp³-hybridized carbons (Fsp3) is 0.400. The highest BCUT2D eigenvalue weighted by Crippen LogP contribution is 2.34. The molecule has 0 unspecified atom stereocenters. The summed E-state index contributed by atoms with van der Waals surface area (Å²) in [5.41, 5.74) is 0.982. The number of hydrogen-bond acceptors (Lipinski definition) is 8. The van der Waals surface area contributed by atoms with Crippen molar-refractivity contribution in [3.05, 3.63) is 23.8 Å². The van der Waals surface area contributed by atoms with Crippen LogP contribution < -0.4 is 14.8 Å². The molecule has 1 aliphatic heterocycles. The number of benzene rings is 1. The Kier molecular flexibility index (Phi) is 5.85. The van der Waals surface area contributed by atoms with Gasteiger partial charge in [-0.2, -0.15) is 0 Å². The van der Waals surface area contributed by atoms with E-state index in [2.05, 4.69) is 22.4 Å². The van der Waals surface area contributed by atoms with E-state index in [1.807, 2.05) is 25.1 Å². The second-order valence-corrected chi connectivity index (χ2v) is 8.67. The summed E-state index contributed by atoms with van der Waals surface area (Å²) in [6, 6.07) is 5.60. The number of aromatic nitrogens is 2. The lowest BCUT2D eigenvalue weighted by Gasteiger charge is -2.14. The molecule has 9 heteroatoms. The van der Waals surface area contributed by atoms with Gasteiger partial charge in [-0.15, -0.1) is 10.2 Å². The Morgan fingerprint density at radius 2 is 2.04 bits per heavy atom. The van der Waals surface area contributed by atoms with Gasteiger partial charge in [0.1, 0.15) is 0 Å². The van der Waals surface area contributed by atoms with Crippen molar-refractivity contribution < 1.29 is 14.3 Å². The molecule has 1 N–H and O–H groups in total. The normalized spacial score (nSPS) is 13.8. The van der Waals surface area contributed by atoms with Gasteiger partial charge in [0, 0.05) is 0 Å². The molecule has 6 nitrogen and oxygen atoms in total. The molecule has 2 heterocycles. The highest BCUT2D eigenvalue weighted by Gasteiger charge is 2.17. The number of ether oxygens (including phenoxy) is 2. The minimum Gasteiger partial charge on any atom is -0.454 e. The van der Waals surface area contributed by atoms with E-state index >= 15 is 0 Å². The Morgan fingerprint density at radius 1 is 1.29 bits per heavy atom. The molecule has 1 aromatic heterocycles. The van der Waals surface area contributed by atoms with Gasteiger partial charge in [0.25, 0.3) is 0 Å². The first-order valence-corrected chi connectivity index (χ1v) is 10.2. The number of thioether (sulfide) groups is 2. The first kappa shape index (κ1) is 17.4. The van der Waals surface area contributed by atoms with E-state index in [1.54, 1.807) is 11.8 Å². The second kappa shape index (κ2) is 8.09. The molecule has 2 aromatic rings. The van der Waals surface area contributed by atoms with Crippen LogP contribution in [0.4, 0.5) is 0 Å². The largest absolute Gasteiger partial charge is 0.454 e. The molecule has 24 heavy (non-hydrogen) atoms. The van der Waals surface area contributed by atoms with Crippen LogP contribution in [0.1, 0.15) is 25.5 Å². The van der Waals surface area contributed by atoms with Crippen LogP contribution in [0, 0.1) is 0 Å². The number of nitrogens with one attached hydrogen (secondary N) is 1. The van der Waals surface area contributed by atoms with E-state index in [4.69, 9.17) is 9.47 Å². The van der Waals surface area contributed by atoms with Crippen molar-refractivity contribution in [2.45, 2.75) is 28.6 Å². The molecule has 0 saturated carbocycles. The van der Waals surface area contributed by atoms with Gasteiger partial charge < -0.3 is 14.8 Å². The average molecular weight is 384 g/mol. The molecule has 0 spiro atoms. The van der Waals surface area contributed by atoms with Crippen molar-refractivity contribution in [3.8, 4) is 11.5 Å². The van der Waals surface area contributed by atoms with Crippen LogP contribution in [-0.4, -0.2) is 34.4 Å². The summed E-state index contributed by atoms with van der Waals surface area (Å²) in [4.78, 5) is 12.1. The van der Waals surface area contributed by atoms with Crippen LogP contribution in [0.25, 0.3) is 0 Å². The fourth-order valence-electron chi connectivity index (χ4n) is 2.11. The Labute approximate surface area is 152 Å². The van der Waals surface area contributed by atoms with E-state index in [-0.39, 0.29) is 18.7 Å². The lowest BCUT2D eigenvalue weighted by atomic mass is 10.1. The van der Waals surface area contributed by atoms with Gasteiger partial charge in [0.05, 0.1) is 11.8 Å². The minimum absolute atomic E-state index is 0.0370. The van der Waals surface area contributed by atoms with Crippen LogP contribution in [0.3, 0.4) is 0 Å². The number of amides is 1. The smallest absolute Gasteiger partial charge is 0.231 e. The fourth-order valence-corrected chi connectivity index (χ4v) is 4.84. The van der Waals surface area contributed by atoms with Crippen molar-refractivity contribution in [2.24, 2.45) is 0 Å². The van der Waals surface area contributed by atoms with Gasteiger partial charge >= 0.3 is 0 Å². The predicted molar refractivity (Wildman–Crippen MR) is 96.2 cm³/mol. The molecule has 0 bridgehead atoms. The number of hydrogen-bond donors (Lipinski definition) is 1. The van der Waals surface area contributed by atoms with Crippen LogP contribution >= 0.6 is 34.9 Å². The monoisotopic (exact) mass is 383 g/mol. The van der Waals surface area contributed by atoms with E-state index in [1.165, 1.54) is 23.1 Å². The van der Waals surface area contributed by atoms with Crippen molar-refractivity contribution in [2.75, 3.05) is 18.3 Å². The highest BCUT2D eigenvalue weighted by molar-refractivity contribution is 8.03. The number of carbonyl (C=O) groups excluding carboxylic acids is 1. The summed E-state index contributed by atoms with van der Waals surface area (Å²) < 4.78 is 12.4. The summed E-state index contributed by atoms with van der Waals surface area (Å²) in [5.74, 6) is 2.71. The zero-order valence-corrected chi connectivity index (χ0v) is 15.7. The summed E-state index contributed by atoms with van der Waals surface area (Å²) >= 11 is 4.59. The van der Waals surface area contributed by atoms with Gasteiger partial charge in [0.15, 0.2) is 20.2 Å². The Balaban J connectivity index is 1.50. The predicted octanol–water partition coefficient (Wildman–Crippen LogP) is 3.35. The maximum Gasteiger partial charge on any atom is 0.231 e. The SMILES string of the molecule is CCSc1nnc(SCC(=O)N[C@@H](C)c2ccc3c(c2)OCO3)s1. The maximum atomic E-state index is 12.1. The first-order chi connectivity index (χ1) is 11.7. The lowest BCUT2D eigenvalue weighted by Crippen LogP contribution is -2.28. The first-order valence-electron chi connectivity index (χ1n) is 7.43. The van der Waals surface area contributed by atoms with Crippen LogP contribution in [0.15, 0.2) is 26.9 Å². The van der Waals surface area contributed by atoms with E-state index in [0.29, 0.717) is 5.75 Å². The summed E-state index contributed by atoms with van der Waals surface area (Å²) in [5, 5.41) is 11.1. The average Bonchev–Trinajstić information content (AvgIpc) is 3.21. The molecule has 0 aliphatic carbocycles. The van der Waals surface area contributed by atoms with Gasteiger partial charge in [-0.05, 0) is 30.4 Å². The second-order valence-electron chi connectivity index (χ2n) is 4.96.